The van der Waals surface area contributed by atoms with Gasteiger partial charge in [0.1, 0.15) is 0 Å². The molecule has 1 saturated carbocycles. The summed E-state index contributed by atoms with van der Waals surface area (Å²) in [6.45, 7) is 9.21. The summed E-state index contributed by atoms with van der Waals surface area (Å²) in [5, 5.41) is 7.92. The van der Waals surface area contributed by atoms with Crippen LogP contribution in [0.5, 0.6) is 0 Å². The van der Waals surface area contributed by atoms with E-state index in [1.54, 1.807) is 0 Å². The minimum atomic E-state index is 0.528. The molecule has 108 valence electrons. The van der Waals surface area contributed by atoms with Gasteiger partial charge in [-0.05, 0) is 43.1 Å². The van der Waals surface area contributed by atoms with E-state index in [1.165, 1.54) is 32.1 Å². The lowest BCUT2D eigenvalue weighted by atomic mass is 9.69. The third-order valence-corrected chi connectivity index (χ3v) is 5.08. The maximum Gasteiger partial charge on any atom is 0.0534 e. The summed E-state index contributed by atoms with van der Waals surface area (Å²) in [5.41, 5.74) is 0.528. The lowest BCUT2D eigenvalue weighted by molar-refractivity contribution is 0.137. The highest BCUT2D eigenvalue weighted by atomic mass is 15.3. The summed E-state index contributed by atoms with van der Waals surface area (Å²) in [6.07, 6.45) is 10.6. The molecule has 0 aromatic carbocycles. The minimum absolute atomic E-state index is 0.528. The fraction of sp³-hybridized carbons (Fsp3) is 0.812. The van der Waals surface area contributed by atoms with Gasteiger partial charge in [0.2, 0.25) is 0 Å². The molecule has 1 aromatic rings. The molecule has 1 N–H and O–H groups in total. The molecule has 2 rings (SSSR count). The van der Waals surface area contributed by atoms with Crippen LogP contribution in [0.3, 0.4) is 0 Å². The van der Waals surface area contributed by atoms with E-state index >= 15 is 0 Å². The number of aromatic nitrogens is 2. The van der Waals surface area contributed by atoms with Gasteiger partial charge < -0.3 is 5.32 Å². The highest BCUT2D eigenvalue weighted by Crippen LogP contribution is 2.40. The zero-order chi connectivity index (χ0) is 13.7. The predicted octanol–water partition coefficient (Wildman–Crippen LogP) is 3.47. The van der Waals surface area contributed by atoms with E-state index in [-0.39, 0.29) is 0 Å². The summed E-state index contributed by atoms with van der Waals surface area (Å²) in [6, 6.07) is 2.71. The maximum absolute atomic E-state index is 4.23. The van der Waals surface area contributed by atoms with Gasteiger partial charge in [-0.25, -0.2) is 0 Å². The van der Waals surface area contributed by atoms with Crippen molar-refractivity contribution in [1.29, 1.82) is 0 Å². The molecule has 0 bridgehead atoms. The molecule has 0 saturated heterocycles. The maximum atomic E-state index is 4.23. The quantitative estimate of drug-likeness (QED) is 0.851. The molecule has 0 spiro atoms. The van der Waals surface area contributed by atoms with E-state index in [1.807, 2.05) is 23.1 Å². The highest BCUT2D eigenvalue weighted by molar-refractivity contribution is 4.85. The molecule has 0 unspecified atom stereocenters. The summed E-state index contributed by atoms with van der Waals surface area (Å²) in [4.78, 5) is 0. The molecule has 0 radical (unpaired) electrons. The molecular formula is C16H29N3. The Bertz CT molecular complexity index is 348. The summed E-state index contributed by atoms with van der Waals surface area (Å²) in [7, 11) is 0. The van der Waals surface area contributed by atoms with Gasteiger partial charge in [-0.2, -0.15) is 5.10 Å². The van der Waals surface area contributed by atoms with Gasteiger partial charge in [0.05, 0.1) is 6.54 Å². The van der Waals surface area contributed by atoms with Crippen molar-refractivity contribution in [3.05, 3.63) is 18.5 Å². The Morgan fingerprint density at radius 1 is 1.26 bits per heavy atom. The third kappa shape index (κ3) is 4.07. The van der Waals surface area contributed by atoms with Crippen LogP contribution >= 0.6 is 0 Å². The fourth-order valence-corrected chi connectivity index (χ4v) is 3.18. The normalized spacial score (nSPS) is 24.6. The van der Waals surface area contributed by atoms with Crippen molar-refractivity contribution in [2.45, 2.75) is 65.5 Å². The van der Waals surface area contributed by atoms with Gasteiger partial charge in [-0.15, -0.1) is 0 Å². The van der Waals surface area contributed by atoms with Crippen LogP contribution in [0.2, 0.25) is 0 Å². The van der Waals surface area contributed by atoms with Gasteiger partial charge in [-0.1, -0.05) is 27.2 Å². The largest absolute Gasteiger partial charge is 0.312 e. The Morgan fingerprint density at radius 3 is 2.58 bits per heavy atom. The molecule has 1 fully saturated rings. The smallest absolute Gasteiger partial charge is 0.0534 e. The first-order valence-corrected chi connectivity index (χ1v) is 7.82. The van der Waals surface area contributed by atoms with Crippen LogP contribution in [0.25, 0.3) is 0 Å². The van der Waals surface area contributed by atoms with Gasteiger partial charge in [0, 0.05) is 25.0 Å². The topological polar surface area (TPSA) is 29.9 Å². The van der Waals surface area contributed by atoms with E-state index in [0.717, 1.165) is 25.0 Å². The molecule has 1 aliphatic carbocycles. The van der Waals surface area contributed by atoms with Crippen LogP contribution in [-0.2, 0) is 6.54 Å². The third-order valence-electron chi connectivity index (χ3n) is 5.08. The second-order valence-electron chi connectivity index (χ2n) is 6.61. The number of hydrogen-bond donors (Lipinski definition) is 1. The van der Waals surface area contributed by atoms with Gasteiger partial charge >= 0.3 is 0 Å². The van der Waals surface area contributed by atoms with Crippen molar-refractivity contribution in [2.24, 2.45) is 11.3 Å². The van der Waals surface area contributed by atoms with Gasteiger partial charge in [0.25, 0.3) is 0 Å². The Kier molecular flexibility index (Phi) is 5.03. The SMILES string of the molecule is CCC(C)(C)C1CCC(NCCn2cccn2)CC1. The van der Waals surface area contributed by atoms with Crippen molar-refractivity contribution >= 4 is 0 Å². The molecule has 19 heavy (non-hydrogen) atoms. The predicted molar refractivity (Wildman–Crippen MR) is 80.0 cm³/mol. The molecule has 0 amide bonds. The Labute approximate surface area is 117 Å². The molecule has 1 heterocycles. The number of nitrogens with one attached hydrogen (secondary N) is 1. The standard InChI is InChI=1S/C16H29N3/c1-4-16(2,3)14-6-8-15(9-7-14)17-11-13-19-12-5-10-18-19/h5,10,12,14-15,17H,4,6-9,11,13H2,1-3H3. The van der Waals surface area contributed by atoms with Gasteiger partial charge in [-0.3, -0.25) is 4.68 Å². The van der Waals surface area contributed by atoms with E-state index in [2.05, 4.69) is 31.2 Å². The van der Waals surface area contributed by atoms with Crippen LogP contribution in [0, 0.1) is 11.3 Å². The Balaban J connectivity index is 1.66. The zero-order valence-corrected chi connectivity index (χ0v) is 12.7. The number of nitrogens with zero attached hydrogens (tertiary/aromatic N) is 2. The molecule has 0 aliphatic heterocycles. The first-order valence-electron chi connectivity index (χ1n) is 7.82. The number of rotatable bonds is 6. The molecule has 3 nitrogen and oxygen atoms in total. The average molecular weight is 263 g/mol. The lowest BCUT2D eigenvalue weighted by Gasteiger charge is -2.39. The zero-order valence-electron chi connectivity index (χ0n) is 12.7. The van der Waals surface area contributed by atoms with Crippen molar-refractivity contribution in [2.75, 3.05) is 6.54 Å². The van der Waals surface area contributed by atoms with Crippen LogP contribution in [0.4, 0.5) is 0 Å². The van der Waals surface area contributed by atoms with Crippen molar-refractivity contribution < 1.29 is 0 Å². The number of hydrogen-bond acceptors (Lipinski definition) is 2. The average Bonchev–Trinajstić information content (AvgIpc) is 2.92. The van der Waals surface area contributed by atoms with Crippen LogP contribution in [0.15, 0.2) is 18.5 Å². The minimum Gasteiger partial charge on any atom is -0.312 e. The summed E-state index contributed by atoms with van der Waals surface area (Å²) < 4.78 is 2.00. The van der Waals surface area contributed by atoms with E-state index < -0.39 is 0 Å². The van der Waals surface area contributed by atoms with Crippen LogP contribution in [0.1, 0.15) is 52.9 Å². The Hall–Kier alpha value is -0.830. The van der Waals surface area contributed by atoms with Crippen molar-refractivity contribution in [3.8, 4) is 0 Å². The first-order chi connectivity index (χ1) is 9.12. The van der Waals surface area contributed by atoms with E-state index in [9.17, 15) is 0 Å². The molecule has 3 heteroatoms. The second kappa shape index (κ2) is 6.56. The van der Waals surface area contributed by atoms with E-state index in [0.29, 0.717) is 5.41 Å². The van der Waals surface area contributed by atoms with E-state index in [4.69, 9.17) is 0 Å². The summed E-state index contributed by atoms with van der Waals surface area (Å²) >= 11 is 0. The monoisotopic (exact) mass is 263 g/mol. The van der Waals surface area contributed by atoms with Crippen molar-refractivity contribution in [1.82, 2.24) is 15.1 Å². The fourth-order valence-electron chi connectivity index (χ4n) is 3.18. The Morgan fingerprint density at radius 2 is 2.00 bits per heavy atom. The first kappa shape index (κ1) is 14.6. The molecule has 0 atom stereocenters. The summed E-state index contributed by atoms with van der Waals surface area (Å²) in [5.74, 6) is 0.918. The molecule has 1 aromatic heterocycles. The molecular weight excluding hydrogens is 234 g/mol. The lowest BCUT2D eigenvalue weighted by Crippen LogP contribution is -2.38. The second-order valence-corrected chi connectivity index (χ2v) is 6.61. The van der Waals surface area contributed by atoms with Crippen molar-refractivity contribution in [3.63, 3.8) is 0 Å². The van der Waals surface area contributed by atoms with Gasteiger partial charge in [0.15, 0.2) is 0 Å². The van der Waals surface area contributed by atoms with Crippen LogP contribution < -0.4 is 5.32 Å². The highest BCUT2D eigenvalue weighted by Gasteiger charge is 2.31. The van der Waals surface area contributed by atoms with Crippen LogP contribution in [-0.4, -0.2) is 22.4 Å². The molecule has 1 aliphatic rings.